The van der Waals surface area contributed by atoms with Crippen LogP contribution < -0.4 is 10.6 Å². The summed E-state index contributed by atoms with van der Waals surface area (Å²) in [5.74, 6) is -5.73. The topological polar surface area (TPSA) is 107 Å². The van der Waals surface area contributed by atoms with Crippen molar-refractivity contribution in [1.29, 1.82) is 0 Å². The molecule has 3 rings (SSSR count). The fourth-order valence-electron chi connectivity index (χ4n) is 2.69. The first-order valence-electron chi connectivity index (χ1n) is 12.2. The van der Waals surface area contributed by atoms with E-state index in [1.807, 2.05) is 4.93 Å². The minimum Gasteiger partial charge on any atom is -0.399 e. The maximum atomic E-state index is 13.0. The summed E-state index contributed by atoms with van der Waals surface area (Å²) in [7, 11) is 1.45. The lowest BCUT2D eigenvalue weighted by Crippen LogP contribution is -2.23. The number of Topliss-reactive ketones (excluding diaryl/α,β-unsaturated/α-hetero) is 1. The van der Waals surface area contributed by atoms with Crippen LogP contribution >= 0.6 is 70.4 Å². The average molecular weight is 965 g/mol. The molecule has 0 aromatic heterocycles. The molecule has 0 bridgehead atoms. The third-order valence-electron chi connectivity index (χ3n) is 4.62. The standard InChI is InChI=1S/C9H8BrF2NO.C9H7BrF2O.C6H4BrF2N.C4H6O3.CH3I/c1-5(14)13(2)6-3-7(11)9(10)8(12)4-6;1-5(13)2-6-3-7(11)9(10)8(12)4-6;7-6-4(8)1-3(10)2-5(6)9;1-3(5)7-4(2)6;1-2/h3-4H,1-2H3;3-4H,2H2,1H3;1-2H,10H2;1-2H3;1H3. The number of alkyl halides is 1. The summed E-state index contributed by atoms with van der Waals surface area (Å²) in [6.07, 6.45) is 0.0567. The Morgan fingerprint density at radius 3 is 1.24 bits per heavy atom. The Bertz CT molecular complexity index is 1450. The van der Waals surface area contributed by atoms with Crippen LogP contribution in [0.25, 0.3) is 0 Å². The lowest BCUT2D eigenvalue weighted by atomic mass is 10.1. The summed E-state index contributed by atoms with van der Waals surface area (Å²) in [5.41, 5.74) is 5.75. The van der Waals surface area contributed by atoms with Crippen LogP contribution in [0.5, 0.6) is 0 Å². The van der Waals surface area contributed by atoms with Crippen molar-refractivity contribution >= 4 is 105 Å². The number of amides is 1. The van der Waals surface area contributed by atoms with Crippen molar-refractivity contribution in [1.82, 2.24) is 0 Å². The van der Waals surface area contributed by atoms with Gasteiger partial charge in [-0.25, -0.2) is 26.3 Å². The van der Waals surface area contributed by atoms with Crippen LogP contribution in [0.15, 0.2) is 49.8 Å². The lowest BCUT2D eigenvalue weighted by molar-refractivity contribution is -0.156. The Labute approximate surface area is 300 Å². The second-order valence-electron chi connectivity index (χ2n) is 8.44. The number of benzene rings is 3. The van der Waals surface area contributed by atoms with Gasteiger partial charge >= 0.3 is 11.9 Å². The summed E-state index contributed by atoms with van der Waals surface area (Å²) in [5, 5.41) is 0. The molecular weight excluding hydrogens is 937 g/mol. The van der Waals surface area contributed by atoms with E-state index in [0.29, 0.717) is 5.56 Å². The molecule has 0 aliphatic heterocycles. The molecule has 0 unspecified atom stereocenters. The smallest absolute Gasteiger partial charge is 0.310 e. The van der Waals surface area contributed by atoms with Crippen molar-refractivity contribution in [2.24, 2.45) is 0 Å². The highest BCUT2D eigenvalue weighted by Crippen LogP contribution is 2.25. The predicted octanol–water partition coefficient (Wildman–Crippen LogP) is 9.03. The minimum atomic E-state index is -0.729. The highest BCUT2D eigenvalue weighted by molar-refractivity contribution is 14.1. The first kappa shape index (κ1) is 45.6. The molecule has 1 amide bonds. The Morgan fingerprint density at radius 2 is 0.978 bits per heavy atom. The van der Waals surface area contributed by atoms with Crippen LogP contribution in [0.3, 0.4) is 0 Å². The zero-order chi connectivity index (χ0) is 36.5. The molecule has 0 atom stereocenters. The van der Waals surface area contributed by atoms with Crippen molar-refractivity contribution in [3.63, 3.8) is 0 Å². The molecule has 7 nitrogen and oxygen atoms in total. The molecule has 46 heavy (non-hydrogen) atoms. The first-order valence-corrected chi connectivity index (χ1v) is 16.7. The van der Waals surface area contributed by atoms with E-state index >= 15 is 0 Å². The number of nitrogens with zero attached hydrogens (tertiary/aromatic N) is 1. The van der Waals surface area contributed by atoms with Crippen molar-refractivity contribution < 1.29 is 50.3 Å². The van der Waals surface area contributed by atoms with Crippen LogP contribution in [0.2, 0.25) is 0 Å². The van der Waals surface area contributed by atoms with Gasteiger partial charge in [0.2, 0.25) is 5.91 Å². The number of rotatable bonds is 3. The lowest BCUT2D eigenvalue weighted by Gasteiger charge is -2.15. The van der Waals surface area contributed by atoms with Crippen LogP contribution in [-0.4, -0.2) is 35.6 Å². The van der Waals surface area contributed by atoms with Gasteiger partial charge in [0.25, 0.3) is 0 Å². The van der Waals surface area contributed by atoms with E-state index in [4.69, 9.17) is 5.73 Å². The predicted molar refractivity (Wildman–Crippen MR) is 182 cm³/mol. The maximum Gasteiger partial charge on any atom is 0.310 e. The molecule has 3 aromatic carbocycles. The van der Waals surface area contributed by atoms with Crippen LogP contribution in [0, 0.1) is 34.9 Å². The summed E-state index contributed by atoms with van der Waals surface area (Å²) < 4.78 is 80.2. The normalized spacial score (nSPS) is 9.39. The van der Waals surface area contributed by atoms with Gasteiger partial charge in [-0.3, -0.25) is 19.2 Å². The van der Waals surface area contributed by atoms with Gasteiger partial charge < -0.3 is 15.4 Å². The minimum absolute atomic E-state index is 0.0567. The molecule has 17 heteroatoms. The molecule has 0 fully saturated rings. The Kier molecular flexibility index (Phi) is 22.7. The second-order valence-corrected chi connectivity index (χ2v) is 10.8. The van der Waals surface area contributed by atoms with Gasteiger partial charge in [0.1, 0.15) is 40.7 Å². The number of nitrogen functional groups attached to an aromatic ring is 1. The number of nitrogens with two attached hydrogens (primary N) is 1. The number of halogens is 10. The monoisotopic (exact) mass is 962 g/mol. The summed E-state index contributed by atoms with van der Waals surface area (Å²) >= 11 is 10.3. The number of carbonyl (C=O) groups excluding carboxylic acids is 4. The van der Waals surface area contributed by atoms with E-state index < -0.39 is 46.8 Å². The highest BCUT2D eigenvalue weighted by Gasteiger charge is 2.13. The van der Waals surface area contributed by atoms with Crippen molar-refractivity contribution in [3.05, 3.63) is 90.3 Å². The molecule has 2 N–H and O–H groups in total. The first-order chi connectivity index (χ1) is 21.2. The maximum absolute atomic E-state index is 13.0. The zero-order valence-electron chi connectivity index (χ0n) is 25.0. The van der Waals surface area contributed by atoms with Gasteiger partial charge in [0, 0.05) is 45.6 Å². The number of anilines is 2. The molecule has 0 aliphatic carbocycles. The van der Waals surface area contributed by atoms with E-state index in [-0.39, 0.29) is 42.9 Å². The third kappa shape index (κ3) is 18.0. The van der Waals surface area contributed by atoms with Crippen LogP contribution in [0.4, 0.5) is 37.7 Å². The second kappa shape index (κ2) is 22.9. The van der Waals surface area contributed by atoms with Gasteiger partial charge in [-0.05, 0) is 102 Å². The Hall–Kier alpha value is -2.51. The van der Waals surface area contributed by atoms with Gasteiger partial charge in [0.15, 0.2) is 0 Å². The van der Waals surface area contributed by atoms with E-state index in [0.717, 1.165) is 36.4 Å². The molecule has 0 saturated heterocycles. The molecule has 254 valence electrons. The Morgan fingerprint density at radius 1 is 0.674 bits per heavy atom. The molecule has 0 heterocycles. The number of ketones is 1. The summed E-state index contributed by atoms with van der Waals surface area (Å²) in [6.45, 7) is 5.05. The number of hydrogen-bond donors (Lipinski definition) is 1. The number of ether oxygens (including phenoxy) is 1. The fraction of sp³-hybridized carbons (Fsp3) is 0.241. The van der Waals surface area contributed by atoms with E-state index in [1.165, 1.54) is 39.6 Å². The zero-order valence-corrected chi connectivity index (χ0v) is 31.9. The Balaban J connectivity index is 0. The van der Waals surface area contributed by atoms with E-state index in [1.54, 1.807) is 0 Å². The van der Waals surface area contributed by atoms with Gasteiger partial charge in [0.05, 0.1) is 13.4 Å². The van der Waals surface area contributed by atoms with Crippen molar-refractivity contribution in [2.75, 3.05) is 22.6 Å². The fourth-order valence-corrected chi connectivity index (χ4v) is 3.38. The SMILES string of the molecule is CC(=O)Cc1cc(F)c(Br)c(F)c1.CC(=O)N(C)c1cc(F)c(Br)c(F)c1.CC(=O)OC(C)=O.CI.Nc1cc(F)c(Br)c(F)c1. The number of esters is 2. The quantitative estimate of drug-likeness (QED) is 0.0535. The molecule has 0 aliphatic rings. The van der Waals surface area contributed by atoms with E-state index in [9.17, 15) is 45.5 Å². The number of carbonyl (C=O) groups is 4. The third-order valence-corrected chi connectivity index (χ3v) is 6.89. The van der Waals surface area contributed by atoms with Gasteiger partial charge in [-0.1, -0.05) is 22.6 Å². The molecule has 0 saturated carbocycles. The van der Waals surface area contributed by atoms with Gasteiger partial charge in [-0.15, -0.1) is 0 Å². The van der Waals surface area contributed by atoms with E-state index in [2.05, 4.69) is 75.1 Å². The molecule has 0 spiro atoms. The average Bonchev–Trinajstić information content (AvgIpc) is 2.93. The van der Waals surface area contributed by atoms with Gasteiger partial charge in [-0.2, -0.15) is 0 Å². The summed E-state index contributed by atoms with van der Waals surface area (Å²) in [6, 6.07) is 6.58. The van der Waals surface area contributed by atoms with Crippen LogP contribution in [0.1, 0.15) is 33.3 Å². The molecule has 3 aromatic rings. The van der Waals surface area contributed by atoms with Crippen molar-refractivity contribution in [2.45, 2.75) is 34.1 Å². The molecular formula is C29H28Br3F6IN2O5. The summed E-state index contributed by atoms with van der Waals surface area (Å²) in [4.78, 5) is 44.3. The van der Waals surface area contributed by atoms with Crippen LogP contribution in [-0.2, 0) is 30.3 Å². The number of hydrogen-bond acceptors (Lipinski definition) is 6. The molecule has 0 radical (unpaired) electrons. The highest BCUT2D eigenvalue weighted by atomic mass is 127. The largest absolute Gasteiger partial charge is 0.399 e. The van der Waals surface area contributed by atoms with Crippen molar-refractivity contribution in [3.8, 4) is 0 Å².